The first-order chi connectivity index (χ1) is 6.84. The summed E-state index contributed by atoms with van der Waals surface area (Å²) in [6.07, 6.45) is 3.88. The molecular weight excluding hydrogens is 178 g/mol. The standard InChI is InChI=1S/C11H14NO2/c1-9-2-3-11(12-8-9)14-10-4-6-13-7-5-10/h2-3,8,10H,1,4-7H2. The van der Waals surface area contributed by atoms with E-state index in [9.17, 15) is 0 Å². The van der Waals surface area contributed by atoms with Crippen LogP contribution in [0.15, 0.2) is 18.3 Å². The van der Waals surface area contributed by atoms with Crippen molar-refractivity contribution in [3.63, 3.8) is 0 Å². The minimum Gasteiger partial charge on any atom is -0.474 e. The Labute approximate surface area is 84.1 Å². The first kappa shape index (κ1) is 9.46. The summed E-state index contributed by atoms with van der Waals surface area (Å²) in [7, 11) is 0. The SMILES string of the molecule is [CH2]c1ccc(OC2CCOCC2)nc1. The molecule has 75 valence electrons. The zero-order valence-corrected chi connectivity index (χ0v) is 8.11. The lowest BCUT2D eigenvalue weighted by molar-refractivity contribution is 0.0237. The highest BCUT2D eigenvalue weighted by molar-refractivity contribution is 5.19. The van der Waals surface area contributed by atoms with E-state index in [2.05, 4.69) is 11.9 Å². The first-order valence-electron chi connectivity index (χ1n) is 4.87. The van der Waals surface area contributed by atoms with Crippen LogP contribution < -0.4 is 4.74 Å². The van der Waals surface area contributed by atoms with Crippen LogP contribution in [0.4, 0.5) is 0 Å². The summed E-state index contributed by atoms with van der Waals surface area (Å²) in [5.41, 5.74) is 0.907. The molecule has 0 aromatic carbocycles. The van der Waals surface area contributed by atoms with Gasteiger partial charge >= 0.3 is 0 Å². The fourth-order valence-corrected chi connectivity index (χ4v) is 1.45. The molecule has 1 radical (unpaired) electrons. The van der Waals surface area contributed by atoms with Gasteiger partial charge in [0.2, 0.25) is 5.88 Å². The average molecular weight is 192 g/mol. The van der Waals surface area contributed by atoms with Crippen LogP contribution in [0, 0.1) is 6.92 Å². The van der Waals surface area contributed by atoms with Crippen LogP contribution in [0.3, 0.4) is 0 Å². The molecular formula is C11H14NO2. The van der Waals surface area contributed by atoms with Gasteiger partial charge in [-0.2, -0.15) is 0 Å². The third-order valence-corrected chi connectivity index (χ3v) is 2.25. The summed E-state index contributed by atoms with van der Waals surface area (Å²) >= 11 is 0. The fourth-order valence-electron chi connectivity index (χ4n) is 1.45. The van der Waals surface area contributed by atoms with Gasteiger partial charge in [0.05, 0.1) is 13.2 Å². The van der Waals surface area contributed by atoms with E-state index < -0.39 is 0 Å². The lowest BCUT2D eigenvalue weighted by atomic mass is 10.1. The highest BCUT2D eigenvalue weighted by atomic mass is 16.5. The van der Waals surface area contributed by atoms with Gasteiger partial charge in [-0.3, -0.25) is 0 Å². The van der Waals surface area contributed by atoms with Crippen LogP contribution in [-0.2, 0) is 4.74 Å². The molecule has 3 heteroatoms. The molecule has 1 saturated heterocycles. The van der Waals surface area contributed by atoms with Gasteiger partial charge in [-0.15, -0.1) is 0 Å². The van der Waals surface area contributed by atoms with Crippen LogP contribution in [-0.4, -0.2) is 24.3 Å². The second kappa shape index (κ2) is 4.42. The number of hydrogen-bond donors (Lipinski definition) is 0. The Balaban J connectivity index is 1.92. The van der Waals surface area contributed by atoms with Gasteiger partial charge in [-0.05, 0) is 12.5 Å². The molecule has 0 N–H and O–H groups in total. The van der Waals surface area contributed by atoms with E-state index in [1.807, 2.05) is 12.1 Å². The summed E-state index contributed by atoms with van der Waals surface area (Å²) in [6.45, 7) is 5.35. The number of hydrogen-bond acceptors (Lipinski definition) is 3. The molecule has 0 aliphatic carbocycles. The summed E-state index contributed by atoms with van der Waals surface area (Å²) < 4.78 is 10.9. The molecule has 0 unspecified atom stereocenters. The number of nitrogens with zero attached hydrogens (tertiary/aromatic N) is 1. The molecule has 2 heterocycles. The average Bonchev–Trinajstić information content (AvgIpc) is 2.23. The molecule has 1 aliphatic heterocycles. The lowest BCUT2D eigenvalue weighted by Crippen LogP contribution is -2.26. The summed E-state index contributed by atoms with van der Waals surface area (Å²) in [6, 6.07) is 3.76. The van der Waals surface area contributed by atoms with Crippen LogP contribution >= 0.6 is 0 Å². The van der Waals surface area contributed by atoms with Crippen LogP contribution in [0.5, 0.6) is 5.88 Å². The molecule has 0 bridgehead atoms. The summed E-state index contributed by atoms with van der Waals surface area (Å²) in [5, 5.41) is 0. The third kappa shape index (κ3) is 2.45. The fraction of sp³-hybridized carbons (Fsp3) is 0.455. The Morgan fingerprint density at radius 2 is 2.14 bits per heavy atom. The smallest absolute Gasteiger partial charge is 0.213 e. The van der Waals surface area contributed by atoms with Gasteiger partial charge in [0.1, 0.15) is 6.10 Å². The highest BCUT2D eigenvalue weighted by Crippen LogP contribution is 2.15. The maximum atomic E-state index is 5.69. The zero-order valence-electron chi connectivity index (χ0n) is 8.11. The molecule has 1 aromatic heterocycles. The Morgan fingerprint density at radius 3 is 2.79 bits per heavy atom. The van der Waals surface area contributed by atoms with Gasteiger partial charge < -0.3 is 9.47 Å². The van der Waals surface area contributed by atoms with E-state index in [-0.39, 0.29) is 6.10 Å². The van der Waals surface area contributed by atoms with Crippen LogP contribution in [0.2, 0.25) is 0 Å². The van der Waals surface area contributed by atoms with E-state index in [1.54, 1.807) is 6.20 Å². The molecule has 1 aliphatic rings. The second-order valence-corrected chi connectivity index (χ2v) is 3.43. The first-order valence-corrected chi connectivity index (χ1v) is 4.87. The van der Waals surface area contributed by atoms with Crippen molar-refractivity contribution in [1.82, 2.24) is 4.98 Å². The molecule has 2 rings (SSSR count). The minimum absolute atomic E-state index is 0.256. The van der Waals surface area contributed by atoms with Gasteiger partial charge in [-0.1, -0.05) is 6.07 Å². The molecule has 14 heavy (non-hydrogen) atoms. The van der Waals surface area contributed by atoms with Crippen molar-refractivity contribution in [2.75, 3.05) is 13.2 Å². The van der Waals surface area contributed by atoms with Crippen LogP contribution in [0.25, 0.3) is 0 Å². The van der Waals surface area contributed by atoms with Gasteiger partial charge in [-0.25, -0.2) is 4.98 Å². The predicted octanol–water partition coefficient (Wildman–Crippen LogP) is 1.82. The van der Waals surface area contributed by atoms with E-state index in [0.717, 1.165) is 31.6 Å². The van der Waals surface area contributed by atoms with Crippen LogP contribution in [0.1, 0.15) is 18.4 Å². The van der Waals surface area contributed by atoms with Gasteiger partial charge in [0.25, 0.3) is 0 Å². The van der Waals surface area contributed by atoms with E-state index >= 15 is 0 Å². The molecule has 0 amide bonds. The normalized spacial score (nSPS) is 18.1. The maximum Gasteiger partial charge on any atom is 0.213 e. The highest BCUT2D eigenvalue weighted by Gasteiger charge is 2.15. The molecule has 1 aromatic rings. The van der Waals surface area contributed by atoms with Crippen molar-refractivity contribution in [2.45, 2.75) is 18.9 Å². The van der Waals surface area contributed by atoms with E-state index in [0.29, 0.717) is 5.88 Å². The lowest BCUT2D eigenvalue weighted by Gasteiger charge is -2.22. The molecule has 1 fully saturated rings. The minimum atomic E-state index is 0.256. The third-order valence-electron chi connectivity index (χ3n) is 2.25. The Bertz CT molecular complexity index is 278. The Hall–Kier alpha value is -1.09. The van der Waals surface area contributed by atoms with Crippen molar-refractivity contribution in [1.29, 1.82) is 0 Å². The van der Waals surface area contributed by atoms with Crippen molar-refractivity contribution in [2.24, 2.45) is 0 Å². The number of rotatable bonds is 2. The van der Waals surface area contributed by atoms with E-state index in [1.165, 1.54) is 0 Å². The molecule has 0 spiro atoms. The molecule has 0 atom stereocenters. The largest absolute Gasteiger partial charge is 0.474 e. The summed E-state index contributed by atoms with van der Waals surface area (Å²) in [5.74, 6) is 0.685. The monoisotopic (exact) mass is 192 g/mol. The summed E-state index contributed by atoms with van der Waals surface area (Å²) in [4.78, 5) is 4.15. The zero-order chi connectivity index (χ0) is 9.80. The van der Waals surface area contributed by atoms with Crippen molar-refractivity contribution in [3.05, 3.63) is 30.8 Å². The Morgan fingerprint density at radius 1 is 1.36 bits per heavy atom. The van der Waals surface area contributed by atoms with Gasteiger partial charge in [0, 0.05) is 25.1 Å². The maximum absolute atomic E-state index is 5.69. The van der Waals surface area contributed by atoms with Gasteiger partial charge in [0.15, 0.2) is 0 Å². The second-order valence-electron chi connectivity index (χ2n) is 3.43. The number of pyridine rings is 1. The van der Waals surface area contributed by atoms with Crippen molar-refractivity contribution < 1.29 is 9.47 Å². The predicted molar refractivity (Wildman–Crippen MR) is 53.2 cm³/mol. The number of aromatic nitrogens is 1. The quantitative estimate of drug-likeness (QED) is 0.716. The van der Waals surface area contributed by atoms with E-state index in [4.69, 9.17) is 9.47 Å². The number of ether oxygens (including phenoxy) is 2. The molecule has 0 saturated carbocycles. The van der Waals surface area contributed by atoms with Crippen molar-refractivity contribution in [3.8, 4) is 5.88 Å². The molecule has 3 nitrogen and oxygen atoms in total. The van der Waals surface area contributed by atoms with Crippen molar-refractivity contribution >= 4 is 0 Å². The topological polar surface area (TPSA) is 31.4 Å². The Kier molecular flexibility index (Phi) is 2.99.